The zero-order valence-electron chi connectivity index (χ0n) is 17.7. The molecule has 2 aromatic heterocycles. The molecule has 1 aromatic carbocycles. The molecule has 1 aliphatic heterocycles. The molecular formula is C23H24F3N5O. The lowest BCUT2D eigenvalue weighted by molar-refractivity contribution is -0.143. The Morgan fingerprint density at radius 2 is 1.81 bits per heavy atom. The number of nitrogens with one attached hydrogen (secondary N) is 1. The predicted octanol–water partition coefficient (Wildman–Crippen LogP) is 4.51. The molecule has 0 saturated carbocycles. The van der Waals surface area contributed by atoms with E-state index in [1.54, 1.807) is 31.3 Å². The molecule has 6 nitrogen and oxygen atoms in total. The molecule has 1 saturated heterocycles. The number of alkyl halides is 3. The molecule has 0 spiro atoms. The van der Waals surface area contributed by atoms with Crippen molar-refractivity contribution in [1.82, 2.24) is 20.1 Å². The minimum Gasteiger partial charge on any atom is -0.357 e. The molecule has 4 rings (SSSR count). The Hall–Kier alpha value is -3.36. The first kappa shape index (κ1) is 21.9. The second-order valence-corrected chi connectivity index (χ2v) is 7.86. The number of anilines is 1. The molecule has 0 unspecified atom stereocenters. The van der Waals surface area contributed by atoms with E-state index in [0.29, 0.717) is 11.1 Å². The number of amides is 1. The molecule has 1 aliphatic rings. The van der Waals surface area contributed by atoms with Gasteiger partial charge in [-0.25, -0.2) is 9.67 Å². The highest BCUT2D eigenvalue weighted by atomic mass is 19.4. The van der Waals surface area contributed by atoms with Gasteiger partial charge < -0.3 is 10.2 Å². The molecule has 32 heavy (non-hydrogen) atoms. The number of benzene rings is 1. The van der Waals surface area contributed by atoms with E-state index < -0.39 is 23.3 Å². The van der Waals surface area contributed by atoms with Crippen molar-refractivity contribution in [3.05, 3.63) is 71.2 Å². The van der Waals surface area contributed by atoms with Gasteiger partial charge in [0.25, 0.3) is 5.91 Å². The predicted molar refractivity (Wildman–Crippen MR) is 115 cm³/mol. The smallest absolute Gasteiger partial charge is 0.357 e. The zero-order chi connectivity index (χ0) is 22.7. The second-order valence-electron chi connectivity index (χ2n) is 7.86. The van der Waals surface area contributed by atoms with E-state index in [1.165, 1.54) is 12.5 Å². The largest absolute Gasteiger partial charge is 0.434 e. The van der Waals surface area contributed by atoms with Gasteiger partial charge in [-0.2, -0.15) is 18.3 Å². The number of carbonyl (C=O) groups is 1. The monoisotopic (exact) mass is 443 g/mol. The number of aromatic nitrogens is 3. The average molecular weight is 443 g/mol. The van der Waals surface area contributed by atoms with Crippen molar-refractivity contribution in [2.45, 2.75) is 38.9 Å². The van der Waals surface area contributed by atoms with Gasteiger partial charge in [0.15, 0.2) is 5.69 Å². The molecule has 1 amide bonds. The molecular weight excluding hydrogens is 419 g/mol. The van der Waals surface area contributed by atoms with Gasteiger partial charge in [0.1, 0.15) is 5.82 Å². The van der Waals surface area contributed by atoms with E-state index in [-0.39, 0.29) is 12.2 Å². The van der Waals surface area contributed by atoms with E-state index in [4.69, 9.17) is 0 Å². The van der Waals surface area contributed by atoms with Crippen molar-refractivity contribution in [2.75, 3.05) is 18.0 Å². The maximum atomic E-state index is 13.8. The van der Waals surface area contributed by atoms with Crippen LogP contribution in [0.1, 0.15) is 46.4 Å². The van der Waals surface area contributed by atoms with Crippen molar-refractivity contribution < 1.29 is 18.0 Å². The zero-order valence-corrected chi connectivity index (χ0v) is 17.7. The summed E-state index contributed by atoms with van der Waals surface area (Å²) in [6, 6.07) is 10.3. The third kappa shape index (κ3) is 4.61. The van der Waals surface area contributed by atoms with E-state index in [1.807, 2.05) is 12.1 Å². The highest BCUT2D eigenvalue weighted by Gasteiger charge is 2.40. The summed E-state index contributed by atoms with van der Waals surface area (Å²) in [4.78, 5) is 19.3. The van der Waals surface area contributed by atoms with Crippen molar-refractivity contribution in [3.63, 3.8) is 0 Å². The van der Waals surface area contributed by atoms with Gasteiger partial charge in [0.2, 0.25) is 0 Å². The summed E-state index contributed by atoms with van der Waals surface area (Å²) in [7, 11) is 0. The maximum Gasteiger partial charge on any atom is 0.434 e. The number of piperidine rings is 1. The first-order valence-corrected chi connectivity index (χ1v) is 10.5. The number of nitrogens with zero attached hydrogens (tertiary/aromatic N) is 4. The first-order valence-electron chi connectivity index (χ1n) is 10.5. The Bertz CT molecular complexity index is 1090. The van der Waals surface area contributed by atoms with Crippen LogP contribution in [-0.2, 0) is 12.7 Å². The average Bonchev–Trinajstić information content (AvgIpc) is 3.24. The Morgan fingerprint density at radius 1 is 1.06 bits per heavy atom. The summed E-state index contributed by atoms with van der Waals surface area (Å²) in [5.41, 5.74) is -0.00946. The lowest BCUT2D eigenvalue weighted by atomic mass is 10.1. The van der Waals surface area contributed by atoms with Crippen LogP contribution in [0.2, 0.25) is 0 Å². The van der Waals surface area contributed by atoms with Crippen LogP contribution in [-0.4, -0.2) is 33.8 Å². The minimum absolute atomic E-state index is 0.0684. The van der Waals surface area contributed by atoms with E-state index >= 15 is 0 Å². The van der Waals surface area contributed by atoms with Gasteiger partial charge in [-0.1, -0.05) is 24.3 Å². The highest BCUT2D eigenvalue weighted by Crippen LogP contribution is 2.34. The Labute approximate surface area is 184 Å². The van der Waals surface area contributed by atoms with Gasteiger partial charge in [-0.15, -0.1) is 0 Å². The Balaban J connectivity index is 1.50. The van der Waals surface area contributed by atoms with E-state index in [0.717, 1.165) is 42.6 Å². The SMILES string of the molecule is Cc1ccccc1-n1ncc(C(=O)NCc2ccc(N3CCCCC3)nc2)c1C(F)(F)F. The number of aryl methyl sites for hydroxylation is 1. The van der Waals surface area contributed by atoms with Crippen molar-refractivity contribution >= 4 is 11.7 Å². The number of hydrogen-bond donors (Lipinski definition) is 1. The van der Waals surface area contributed by atoms with Crippen molar-refractivity contribution in [1.29, 1.82) is 0 Å². The number of para-hydroxylation sites is 1. The summed E-state index contributed by atoms with van der Waals surface area (Å²) in [5.74, 6) is 0.0379. The summed E-state index contributed by atoms with van der Waals surface area (Å²) >= 11 is 0. The van der Waals surface area contributed by atoms with Gasteiger partial charge in [0.05, 0.1) is 17.4 Å². The standard InChI is InChI=1S/C23H24F3N5O/c1-16-7-3-4-8-19(16)31-21(23(24,25)26)18(15-29-31)22(32)28-14-17-9-10-20(27-13-17)30-11-5-2-6-12-30/h3-4,7-10,13,15H,2,5-6,11-12,14H2,1H3,(H,28,32). The molecule has 0 aliphatic carbocycles. The molecule has 3 heterocycles. The van der Waals surface area contributed by atoms with Crippen LogP contribution in [0, 0.1) is 6.92 Å². The quantitative estimate of drug-likeness (QED) is 0.630. The lowest BCUT2D eigenvalue weighted by Crippen LogP contribution is -2.30. The van der Waals surface area contributed by atoms with Crippen LogP contribution in [0.15, 0.2) is 48.8 Å². The van der Waals surface area contributed by atoms with E-state index in [2.05, 4.69) is 20.3 Å². The summed E-state index contributed by atoms with van der Waals surface area (Å²) < 4.78 is 42.3. The molecule has 1 N–H and O–H groups in total. The third-order valence-corrected chi connectivity index (χ3v) is 5.57. The van der Waals surface area contributed by atoms with Crippen LogP contribution in [0.25, 0.3) is 5.69 Å². The molecule has 168 valence electrons. The fraction of sp³-hybridized carbons (Fsp3) is 0.348. The summed E-state index contributed by atoms with van der Waals surface area (Å²) in [6.07, 6.45) is 1.35. The molecule has 0 bridgehead atoms. The topological polar surface area (TPSA) is 63.1 Å². The fourth-order valence-electron chi connectivity index (χ4n) is 3.88. The molecule has 9 heteroatoms. The molecule has 3 aromatic rings. The molecule has 0 atom stereocenters. The van der Waals surface area contributed by atoms with Crippen molar-refractivity contribution in [3.8, 4) is 5.69 Å². The number of pyridine rings is 1. The van der Waals surface area contributed by atoms with E-state index in [9.17, 15) is 18.0 Å². The van der Waals surface area contributed by atoms with Crippen LogP contribution in [0.3, 0.4) is 0 Å². The van der Waals surface area contributed by atoms with Crippen LogP contribution in [0.5, 0.6) is 0 Å². The minimum atomic E-state index is -4.75. The summed E-state index contributed by atoms with van der Waals surface area (Å²) in [6.45, 7) is 3.69. The lowest BCUT2D eigenvalue weighted by Gasteiger charge is -2.27. The molecule has 1 fully saturated rings. The second kappa shape index (κ2) is 9.02. The summed E-state index contributed by atoms with van der Waals surface area (Å²) in [5, 5.41) is 6.43. The van der Waals surface area contributed by atoms with Gasteiger partial charge in [-0.05, 0) is 49.4 Å². The first-order chi connectivity index (χ1) is 15.3. The molecule has 0 radical (unpaired) electrons. The van der Waals surface area contributed by atoms with Gasteiger partial charge in [-0.3, -0.25) is 4.79 Å². The highest BCUT2D eigenvalue weighted by molar-refractivity contribution is 5.95. The maximum absolute atomic E-state index is 13.8. The van der Waals surface area contributed by atoms with Crippen LogP contribution >= 0.6 is 0 Å². The number of hydrogen-bond acceptors (Lipinski definition) is 4. The number of halogens is 3. The fourth-order valence-corrected chi connectivity index (χ4v) is 3.88. The van der Waals surface area contributed by atoms with Crippen molar-refractivity contribution in [2.24, 2.45) is 0 Å². The normalized spacial score (nSPS) is 14.4. The Kier molecular flexibility index (Phi) is 6.16. The van der Waals surface area contributed by atoms with Gasteiger partial charge in [0, 0.05) is 25.8 Å². The Morgan fingerprint density at radius 3 is 2.47 bits per heavy atom. The van der Waals surface area contributed by atoms with Crippen LogP contribution in [0.4, 0.5) is 19.0 Å². The number of rotatable bonds is 5. The van der Waals surface area contributed by atoms with Gasteiger partial charge >= 0.3 is 6.18 Å². The third-order valence-electron chi connectivity index (χ3n) is 5.57. The van der Waals surface area contributed by atoms with Crippen LogP contribution < -0.4 is 10.2 Å². The number of carbonyl (C=O) groups excluding carboxylic acids is 1.